The van der Waals surface area contributed by atoms with Gasteiger partial charge in [-0.05, 0) is 36.2 Å². The SMILES string of the molecule is COc1ccc(CCNCc2nn(Cc3ccccc3)nc2-c2ccccc2)cc1. The Morgan fingerprint density at radius 2 is 1.50 bits per heavy atom. The molecule has 0 amide bonds. The van der Waals surface area contributed by atoms with E-state index < -0.39 is 0 Å². The first kappa shape index (κ1) is 19.9. The highest BCUT2D eigenvalue weighted by molar-refractivity contribution is 5.60. The fourth-order valence-corrected chi connectivity index (χ4v) is 3.37. The van der Waals surface area contributed by atoms with Crippen LogP contribution in [0.15, 0.2) is 84.9 Å². The van der Waals surface area contributed by atoms with Gasteiger partial charge in [0, 0.05) is 12.1 Å². The Morgan fingerprint density at radius 1 is 0.800 bits per heavy atom. The molecular weight excluding hydrogens is 372 g/mol. The molecule has 5 heteroatoms. The molecule has 4 rings (SSSR count). The molecule has 0 saturated heterocycles. The van der Waals surface area contributed by atoms with Crippen molar-refractivity contribution in [2.75, 3.05) is 13.7 Å². The van der Waals surface area contributed by atoms with Gasteiger partial charge >= 0.3 is 0 Å². The van der Waals surface area contributed by atoms with Gasteiger partial charge in [-0.2, -0.15) is 15.0 Å². The molecule has 0 atom stereocenters. The number of hydrogen-bond acceptors (Lipinski definition) is 4. The number of hydrogen-bond donors (Lipinski definition) is 1. The molecule has 3 aromatic carbocycles. The molecule has 0 spiro atoms. The predicted octanol–water partition coefficient (Wildman–Crippen LogP) is 4.33. The van der Waals surface area contributed by atoms with Crippen molar-refractivity contribution in [2.45, 2.75) is 19.5 Å². The van der Waals surface area contributed by atoms with Crippen LogP contribution in [-0.2, 0) is 19.5 Å². The van der Waals surface area contributed by atoms with Crippen molar-refractivity contribution in [3.05, 3.63) is 102 Å². The third-order valence-corrected chi connectivity index (χ3v) is 4.98. The van der Waals surface area contributed by atoms with Crippen LogP contribution in [0.1, 0.15) is 16.8 Å². The maximum absolute atomic E-state index is 5.22. The highest BCUT2D eigenvalue weighted by Gasteiger charge is 2.13. The van der Waals surface area contributed by atoms with Gasteiger partial charge in [0.05, 0.1) is 13.7 Å². The predicted molar refractivity (Wildman–Crippen MR) is 119 cm³/mol. The van der Waals surface area contributed by atoms with Gasteiger partial charge in [-0.15, -0.1) is 0 Å². The maximum Gasteiger partial charge on any atom is 0.118 e. The van der Waals surface area contributed by atoms with Crippen LogP contribution in [0.4, 0.5) is 0 Å². The molecule has 0 fully saturated rings. The van der Waals surface area contributed by atoms with Crippen molar-refractivity contribution in [3.63, 3.8) is 0 Å². The Morgan fingerprint density at radius 3 is 2.20 bits per heavy atom. The van der Waals surface area contributed by atoms with Crippen molar-refractivity contribution in [3.8, 4) is 17.0 Å². The van der Waals surface area contributed by atoms with E-state index in [4.69, 9.17) is 14.9 Å². The van der Waals surface area contributed by atoms with Crippen molar-refractivity contribution in [2.24, 2.45) is 0 Å². The van der Waals surface area contributed by atoms with E-state index in [1.165, 1.54) is 11.1 Å². The van der Waals surface area contributed by atoms with Crippen LogP contribution in [0.25, 0.3) is 11.3 Å². The molecule has 152 valence electrons. The zero-order valence-corrected chi connectivity index (χ0v) is 17.2. The highest BCUT2D eigenvalue weighted by Crippen LogP contribution is 2.20. The molecule has 0 aliphatic carbocycles. The van der Waals surface area contributed by atoms with Gasteiger partial charge in [0.25, 0.3) is 0 Å². The second-order valence-corrected chi connectivity index (χ2v) is 7.15. The van der Waals surface area contributed by atoms with E-state index in [0.717, 1.165) is 35.7 Å². The summed E-state index contributed by atoms with van der Waals surface area (Å²) >= 11 is 0. The summed E-state index contributed by atoms with van der Waals surface area (Å²) in [4.78, 5) is 1.79. The molecular formula is C25H26N4O. The molecule has 30 heavy (non-hydrogen) atoms. The minimum atomic E-state index is 0.659. The molecule has 1 aromatic heterocycles. The summed E-state index contributed by atoms with van der Waals surface area (Å²) in [6.45, 7) is 2.20. The lowest BCUT2D eigenvalue weighted by Crippen LogP contribution is -2.17. The van der Waals surface area contributed by atoms with E-state index >= 15 is 0 Å². The summed E-state index contributed by atoms with van der Waals surface area (Å²) in [5.41, 5.74) is 5.45. The lowest BCUT2D eigenvalue weighted by molar-refractivity contribution is 0.414. The smallest absolute Gasteiger partial charge is 0.118 e. The van der Waals surface area contributed by atoms with Crippen molar-refractivity contribution in [1.29, 1.82) is 0 Å². The number of ether oxygens (including phenoxy) is 1. The number of nitrogens with one attached hydrogen (secondary N) is 1. The van der Waals surface area contributed by atoms with Crippen LogP contribution < -0.4 is 10.1 Å². The van der Waals surface area contributed by atoms with Crippen LogP contribution in [0, 0.1) is 0 Å². The van der Waals surface area contributed by atoms with Crippen LogP contribution >= 0.6 is 0 Å². The summed E-state index contributed by atoms with van der Waals surface area (Å²) in [5.74, 6) is 0.884. The minimum absolute atomic E-state index is 0.659. The fourth-order valence-electron chi connectivity index (χ4n) is 3.37. The summed E-state index contributed by atoms with van der Waals surface area (Å²) in [6.07, 6.45) is 0.947. The molecule has 0 bridgehead atoms. The van der Waals surface area contributed by atoms with Crippen molar-refractivity contribution in [1.82, 2.24) is 20.3 Å². The maximum atomic E-state index is 5.22. The topological polar surface area (TPSA) is 52.0 Å². The first-order chi connectivity index (χ1) is 14.8. The zero-order chi connectivity index (χ0) is 20.6. The first-order valence-electron chi connectivity index (χ1n) is 10.2. The van der Waals surface area contributed by atoms with E-state index in [-0.39, 0.29) is 0 Å². The fraction of sp³-hybridized carbons (Fsp3) is 0.200. The van der Waals surface area contributed by atoms with E-state index in [9.17, 15) is 0 Å². The van der Waals surface area contributed by atoms with Gasteiger partial charge < -0.3 is 10.1 Å². The lowest BCUT2D eigenvalue weighted by atomic mass is 10.1. The van der Waals surface area contributed by atoms with Crippen molar-refractivity contribution < 1.29 is 4.74 Å². The second-order valence-electron chi connectivity index (χ2n) is 7.15. The zero-order valence-electron chi connectivity index (χ0n) is 17.2. The van der Waals surface area contributed by atoms with E-state index in [1.54, 1.807) is 11.9 Å². The molecule has 0 saturated carbocycles. The number of benzene rings is 3. The Labute approximate surface area is 177 Å². The number of nitrogens with zero attached hydrogens (tertiary/aromatic N) is 3. The lowest BCUT2D eigenvalue weighted by Gasteiger charge is -2.06. The second kappa shape index (κ2) is 9.85. The monoisotopic (exact) mass is 398 g/mol. The molecule has 0 radical (unpaired) electrons. The Kier molecular flexibility index (Phi) is 6.52. The standard InChI is InChI=1S/C25H26N4O/c1-30-23-14-12-20(13-15-23)16-17-26-18-24-25(22-10-6-3-7-11-22)28-29(27-24)19-21-8-4-2-5-9-21/h2-15,26H,16-19H2,1H3. The summed E-state index contributed by atoms with van der Waals surface area (Å²) in [6, 6.07) is 28.7. The normalized spacial score (nSPS) is 10.8. The highest BCUT2D eigenvalue weighted by atomic mass is 16.5. The van der Waals surface area contributed by atoms with E-state index in [0.29, 0.717) is 13.1 Å². The van der Waals surface area contributed by atoms with Crippen molar-refractivity contribution >= 4 is 0 Å². The molecule has 0 aliphatic heterocycles. The van der Waals surface area contributed by atoms with Gasteiger partial charge in [0.1, 0.15) is 17.1 Å². The van der Waals surface area contributed by atoms with Crippen LogP contribution in [0.2, 0.25) is 0 Å². The van der Waals surface area contributed by atoms with Gasteiger partial charge in [-0.25, -0.2) is 0 Å². The van der Waals surface area contributed by atoms with Gasteiger partial charge in [0.2, 0.25) is 0 Å². The summed E-state index contributed by atoms with van der Waals surface area (Å²) in [5, 5.41) is 13.1. The molecule has 5 nitrogen and oxygen atoms in total. The molecule has 0 unspecified atom stereocenters. The molecule has 1 N–H and O–H groups in total. The molecule has 1 heterocycles. The Balaban J connectivity index is 1.43. The Hall–Kier alpha value is -3.44. The van der Waals surface area contributed by atoms with Gasteiger partial charge in [0.15, 0.2) is 0 Å². The molecule has 0 aliphatic rings. The molecule has 4 aromatic rings. The minimum Gasteiger partial charge on any atom is -0.497 e. The van der Waals surface area contributed by atoms with Gasteiger partial charge in [-0.1, -0.05) is 72.8 Å². The van der Waals surface area contributed by atoms with Crippen LogP contribution in [0.3, 0.4) is 0 Å². The summed E-state index contributed by atoms with van der Waals surface area (Å²) in [7, 11) is 1.69. The van der Waals surface area contributed by atoms with Gasteiger partial charge in [-0.3, -0.25) is 0 Å². The number of rotatable bonds is 9. The third-order valence-electron chi connectivity index (χ3n) is 4.98. The Bertz CT molecular complexity index is 1040. The number of methoxy groups -OCH3 is 1. The quantitative estimate of drug-likeness (QED) is 0.426. The average molecular weight is 399 g/mol. The first-order valence-corrected chi connectivity index (χ1v) is 10.2. The van der Waals surface area contributed by atoms with Crippen LogP contribution in [-0.4, -0.2) is 28.6 Å². The average Bonchev–Trinajstić information content (AvgIpc) is 3.21. The van der Waals surface area contributed by atoms with E-state index in [2.05, 4.69) is 41.7 Å². The van der Waals surface area contributed by atoms with E-state index in [1.807, 2.05) is 48.5 Å². The number of aromatic nitrogens is 3. The van der Waals surface area contributed by atoms with Crippen LogP contribution in [0.5, 0.6) is 5.75 Å². The summed E-state index contributed by atoms with van der Waals surface area (Å²) < 4.78 is 5.22. The third kappa shape index (κ3) is 5.13. The largest absolute Gasteiger partial charge is 0.497 e.